The minimum absolute atomic E-state index is 0.191. The number of rotatable bonds is 1. The number of hydrogen-bond acceptors (Lipinski definition) is 0. The van der Waals surface area contributed by atoms with E-state index >= 15 is 0 Å². The summed E-state index contributed by atoms with van der Waals surface area (Å²) in [5, 5.41) is 0. The summed E-state index contributed by atoms with van der Waals surface area (Å²) in [6.07, 6.45) is 6.95. The molecule has 0 nitrogen and oxygen atoms in total. The molecule has 0 fully saturated rings. The van der Waals surface area contributed by atoms with Crippen LogP contribution in [0.3, 0.4) is 0 Å². The molecule has 0 spiro atoms. The van der Waals surface area contributed by atoms with Gasteiger partial charge in [-0.15, -0.1) is 0 Å². The van der Waals surface area contributed by atoms with Crippen molar-refractivity contribution in [3.8, 4) is 0 Å². The minimum Gasteiger partial charge on any atom is -0.0730 e. The number of benzene rings is 1. The van der Waals surface area contributed by atoms with Crippen LogP contribution >= 0.6 is 0 Å². The Labute approximate surface area is 131 Å². The van der Waals surface area contributed by atoms with Gasteiger partial charge in [-0.3, -0.25) is 0 Å². The Hall–Kier alpha value is -1.30. The molecule has 0 heteroatoms. The average molecular weight is 282 g/mol. The van der Waals surface area contributed by atoms with Gasteiger partial charge in [-0.05, 0) is 52.9 Å². The Morgan fingerprint density at radius 2 is 1.24 bits per heavy atom. The van der Waals surface area contributed by atoms with Crippen LogP contribution in [-0.4, -0.2) is 0 Å². The molecule has 0 radical (unpaired) electrons. The van der Waals surface area contributed by atoms with Crippen LogP contribution in [0.5, 0.6) is 0 Å². The molecular formula is C21H30. The molecular weight excluding hydrogens is 252 g/mol. The number of hydrogen-bond donors (Lipinski definition) is 0. The zero-order valence-electron chi connectivity index (χ0n) is 14.8. The highest BCUT2D eigenvalue weighted by Gasteiger charge is 2.21. The first kappa shape index (κ1) is 16.1. The third-order valence-electron chi connectivity index (χ3n) is 4.39. The Morgan fingerprint density at radius 1 is 0.714 bits per heavy atom. The molecule has 1 aromatic carbocycles. The van der Waals surface area contributed by atoms with Gasteiger partial charge in [0.2, 0.25) is 0 Å². The van der Waals surface area contributed by atoms with Crippen molar-refractivity contribution in [1.82, 2.24) is 0 Å². The van der Waals surface area contributed by atoms with E-state index in [1.54, 1.807) is 0 Å². The average Bonchev–Trinajstić information content (AvgIpc) is 2.37. The SMILES string of the molecule is CC1=CC=C(c2cc(C(C)(C)C)cc(C(C)(C)C)c2)CC1. The van der Waals surface area contributed by atoms with Crippen LogP contribution in [0.4, 0.5) is 0 Å². The zero-order chi connectivity index (χ0) is 15.8. The lowest BCUT2D eigenvalue weighted by molar-refractivity contribution is 0.568. The van der Waals surface area contributed by atoms with Gasteiger partial charge in [-0.1, -0.05) is 77.5 Å². The maximum Gasteiger partial charge on any atom is -0.0132 e. The van der Waals surface area contributed by atoms with E-state index < -0.39 is 0 Å². The highest BCUT2D eigenvalue weighted by Crippen LogP contribution is 2.34. The van der Waals surface area contributed by atoms with Crippen LogP contribution in [0.1, 0.15) is 78.0 Å². The fourth-order valence-corrected chi connectivity index (χ4v) is 2.66. The highest BCUT2D eigenvalue weighted by molar-refractivity contribution is 5.70. The molecule has 0 amide bonds. The summed E-state index contributed by atoms with van der Waals surface area (Å²) in [5.41, 5.74) is 7.65. The summed E-state index contributed by atoms with van der Waals surface area (Å²) < 4.78 is 0. The molecule has 0 aliphatic heterocycles. The maximum absolute atomic E-state index is 2.40. The second-order valence-corrected chi connectivity index (χ2v) is 8.50. The van der Waals surface area contributed by atoms with Crippen LogP contribution < -0.4 is 0 Å². The van der Waals surface area contributed by atoms with E-state index in [2.05, 4.69) is 78.8 Å². The molecule has 0 N–H and O–H groups in total. The second-order valence-electron chi connectivity index (χ2n) is 8.50. The van der Waals surface area contributed by atoms with Gasteiger partial charge in [-0.25, -0.2) is 0 Å². The standard InChI is InChI=1S/C21H30/c1-15-8-10-16(11-9-15)17-12-18(20(2,3)4)14-19(13-17)21(5,6)7/h8,10,12-14H,9,11H2,1-7H3. The summed E-state index contributed by atoms with van der Waals surface area (Å²) in [7, 11) is 0. The van der Waals surface area contributed by atoms with Gasteiger partial charge in [-0.2, -0.15) is 0 Å². The summed E-state index contributed by atoms with van der Waals surface area (Å²) in [6.45, 7) is 16.0. The van der Waals surface area contributed by atoms with Gasteiger partial charge in [0.1, 0.15) is 0 Å². The van der Waals surface area contributed by atoms with Gasteiger partial charge in [0, 0.05) is 0 Å². The summed E-state index contributed by atoms with van der Waals surface area (Å²) >= 11 is 0. The predicted octanol–water partition coefficient (Wildman–Crippen LogP) is 6.41. The van der Waals surface area contributed by atoms with Crippen LogP contribution in [0, 0.1) is 0 Å². The van der Waals surface area contributed by atoms with Crippen molar-refractivity contribution in [2.45, 2.75) is 72.1 Å². The van der Waals surface area contributed by atoms with E-state index in [4.69, 9.17) is 0 Å². The smallest absolute Gasteiger partial charge is 0.0132 e. The van der Waals surface area contributed by atoms with E-state index in [1.807, 2.05) is 0 Å². The molecule has 0 aromatic heterocycles. The highest BCUT2D eigenvalue weighted by atomic mass is 14.3. The second kappa shape index (κ2) is 5.48. The fourth-order valence-electron chi connectivity index (χ4n) is 2.66. The molecule has 21 heavy (non-hydrogen) atoms. The van der Waals surface area contributed by atoms with Crippen molar-refractivity contribution in [2.24, 2.45) is 0 Å². The lowest BCUT2D eigenvalue weighted by Gasteiger charge is -2.27. The Morgan fingerprint density at radius 3 is 1.62 bits per heavy atom. The van der Waals surface area contributed by atoms with Crippen LogP contribution in [0.15, 0.2) is 35.9 Å². The van der Waals surface area contributed by atoms with Gasteiger partial charge < -0.3 is 0 Å². The molecule has 0 atom stereocenters. The molecule has 1 aromatic rings. The quantitative estimate of drug-likeness (QED) is 0.558. The van der Waals surface area contributed by atoms with Crippen molar-refractivity contribution in [3.63, 3.8) is 0 Å². The van der Waals surface area contributed by atoms with Gasteiger partial charge >= 0.3 is 0 Å². The molecule has 0 heterocycles. The van der Waals surface area contributed by atoms with E-state index in [-0.39, 0.29) is 10.8 Å². The summed E-state index contributed by atoms with van der Waals surface area (Å²) in [6, 6.07) is 7.19. The maximum atomic E-state index is 2.40. The van der Waals surface area contributed by atoms with Crippen molar-refractivity contribution in [1.29, 1.82) is 0 Å². The Bertz CT molecular complexity index is 551. The Balaban J connectivity index is 2.56. The molecule has 0 saturated carbocycles. The van der Waals surface area contributed by atoms with E-state index in [1.165, 1.54) is 40.7 Å². The number of allylic oxidation sites excluding steroid dienone is 4. The van der Waals surface area contributed by atoms with Crippen LogP contribution in [0.25, 0.3) is 5.57 Å². The first-order valence-electron chi connectivity index (χ1n) is 8.10. The molecule has 114 valence electrons. The van der Waals surface area contributed by atoms with Gasteiger partial charge in [0.25, 0.3) is 0 Å². The minimum atomic E-state index is 0.191. The Kier molecular flexibility index (Phi) is 4.19. The zero-order valence-corrected chi connectivity index (χ0v) is 14.8. The fraction of sp³-hybridized carbons (Fsp3) is 0.524. The topological polar surface area (TPSA) is 0 Å². The summed E-state index contributed by atoms with van der Waals surface area (Å²) in [5.74, 6) is 0. The molecule has 0 saturated heterocycles. The molecule has 1 aliphatic carbocycles. The third kappa shape index (κ3) is 3.87. The van der Waals surface area contributed by atoms with Crippen molar-refractivity contribution in [2.75, 3.05) is 0 Å². The van der Waals surface area contributed by atoms with Crippen LogP contribution in [-0.2, 0) is 10.8 Å². The van der Waals surface area contributed by atoms with Crippen molar-refractivity contribution < 1.29 is 0 Å². The van der Waals surface area contributed by atoms with Crippen LogP contribution in [0.2, 0.25) is 0 Å². The lowest BCUT2D eigenvalue weighted by atomic mass is 9.78. The van der Waals surface area contributed by atoms with Gasteiger partial charge in [0.05, 0.1) is 0 Å². The normalized spacial score (nSPS) is 16.5. The van der Waals surface area contributed by atoms with E-state index in [9.17, 15) is 0 Å². The third-order valence-corrected chi connectivity index (χ3v) is 4.39. The van der Waals surface area contributed by atoms with E-state index in [0.717, 1.165) is 0 Å². The van der Waals surface area contributed by atoms with Crippen molar-refractivity contribution >= 4 is 5.57 Å². The molecule has 0 unspecified atom stereocenters. The summed E-state index contributed by atoms with van der Waals surface area (Å²) in [4.78, 5) is 0. The van der Waals surface area contributed by atoms with E-state index in [0.29, 0.717) is 0 Å². The lowest BCUT2D eigenvalue weighted by Crippen LogP contribution is -2.17. The first-order valence-corrected chi connectivity index (χ1v) is 8.10. The molecule has 2 rings (SSSR count). The van der Waals surface area contributed by atoms with Gasteiger partial charge in [0.15, 0.2) is 0 Å². The monoisotopic (exact) mass is 282 g/mol. The molecule has 1 aliphatic rings. The molecule has 0 bridgehead atoms. The predicted molar refractivity (Wildman–Crippen MR) is 94.8 cm³/mol. The first-order chi connectivity index (χ1) is 9.57. The van der Waals surface area contributed by atoms with Crippen molar-refractivity contribution in [3.05, 3.63) is 52.6 Å². The largest absolute Gasteiger partial charge is 0.0730 e.